The average Bonchev–Trinajstić information content (AvgIpc) is 2.81. The number of rotatable bonds is 4. The minimum Gasteiger partial charge on any atom is -0.455 e. The van der Waals surface area contributed by atoms with E-state index in [9.17, 15) is 4.79 Å². The Morgan fingerprint density at radius 3 is 2.69 bits per heavy atom. The van der Waals surface area contributed by atoms with Crippen LogP contribution in [0.1, 0.15) is 15.9 Å². The summed E-state index contributed by atoms with van der Waals surface area (Å²) < 4.78 is 6.18. The van der Waals surface area contributed by atoms with E-state index < -0.39 is 5.62 Å². The minimum atomic E-state index is -0.780. The lowest BCUT2D eigenvalue weighted by atomic mass is 9.98. The summed E-state index contributed by atoms with van der Waals surface area (Å²) in [5, 5.41) is 8.06. The molecule has 0 aliphatic carbocycles. The van der Waals surface area contributed by atoms with Crippen molar-refractivity contribution in [3.63, 3.8) is 0 Å². The molecular weight excluding hydrogens is 449 g/mol. The Labute approximate surface area is 194 Å². The van der Waals surface area contributed by atoms with E-state index in [2.05, 4.69) is 15.2 Å². The number of carbonyl (C=O) groups is 1. The van der Waals surface area contributed by atoms with E-state index in [4.69, 9.17) is 27.9 Å². The van der Waals surface area contributed by atoms with Crippen molar-refractivity contribution in [2.24, 2.45) is 10.2 Å². The lowest BCUT2D eigenvalue weighted by Crippen LogP contribution is -2.37. The maximum atomic E-state index is 13.0. The Bertz CT molecular complexity index is 1230. The molecule has 0 saturated heterocycles. The molecule has 3 aromatic rings. The normalized spacial score (nSPS) is 17.8. The fourth-order valence-electron chi connectivity index (χ4n) is 3.75. The molecule has 1 atom stereocenters. The molecule has 0 spiro atoms. The molecule has 32 heavy (non-hydrogen) atoms. The lowest BCUT2D eigenvalue weighted by Gasteiger charge is -2.29. The monoisotopic (exact) mass is 465 g/mol. The molecular formula is C23H17Cl2N5O2. The number of aromatic nitrogens is 1. The van der Waals surface area contributed by atoms with Crippen LogP contribution in [0.3, 0.4) is 0 Å². The molecule has 0 N–H and O–H groups in total. The number of anilines is 2. The molecule has 1 amide bonds. The lowest BCUT2D eigenvalue weighted by molar-refractivity contribution is 0.0980. The number of ether oxygens (including phenoxy) is 1. The third kappa shape index (κ3) is 3.81. The highest BCUT2D eigenvalue weighted by molar-refractivity contribution is 6.33. The summed E-state index contributed by atoms with van der Waals surface area (Å²) >= 11 is 12.6. The number of pyridine rings is 1. The zero-order valence-corrected chi connectivity index (χ0v) is 18.2. The second kappa shape index (κ2) is 8.61. The number of amides is 1. The number of carbonyl (C=O) groups excluding carboxylic acids is 1. The molecule has 5 rings (SSSR count). The third-order valence-corrected chi connectivity index (χ3v) is 5.82. The molecule has 2 aliphatic rings. The molecule has 3 heterocycles. The van der Waals surface area contributed by atoms with Crippen LogP contribution < -0.4 is 14.5 Å². The van der Waals surface area contributed by atoms with E-state index in [0.29, 0.717) is 40.9 Å². The SMILES string of the molecule is O=C1c2ccc(Oc3ccccc3N3C(Cl)=CN=NC3Cl)cc2CCN1c1ccncc1. The van der Waals surface area contributed by atoms with Gasteiger partial charge in [0.2, 0.25) is 5.62 Å². The Balaban J connectivity index is 1.42. The van der Waals surface area contributed by atoms with Gasteiger partial charge in [0.15, 0.2) is 5.75 Å². The quantitative estimate of drug-likeness (QED) is 0.354. The Hall–Kier alpha value is -3.42. The van der Waals surface area contributed by atoms with Crippen molar-refractivity contribution in [2.75, 3.05) is 16.3 Å². The van der Waals surface area contributed by atoms with Gasteiger partial charge < -0.3 is 9.64 Å². The summed E-state index contributed by atoms with van der Waals surface area (Å²) in [7, 11) is 0. The number of benzene rings is 2. The van der Waals surface area contributed by atoms with E-state index in [-0.39, 0.29) is 5.91 Å². The fourth-order valence-corrected chi connectivity index (χ4v) is 4.29. The van der Waals surface area contributed by atoms with Gasteiger partial charge in [-0.2, -0.15) is 5.11 Å². The van der Waals surface area contributed by atoms with Crippen LogP contribution >= 0.6 is 23.2 Å². The van der Waals surface area contributed by atoms with E-state index in [1.54, 1.807) is 34.3 Å². The topological polar surface area (TPSA) is 70.4 Å². The minimum absolute atomic E-state index is 0.0371. The van der Waals surface area contributed by atoms with Crippen molar-refractivity contribution in [2.45, 2.75) is 12.0 Å². The first-order valence-electron chi connectivity index (χ1n) is 9.92. The largest absolute Gasteiger partial charge is 0.455 e. The van der Waals surface area contributed by atoms with Gasteiger partial charge in [-0.1, -0.05) is 35.3 Å². The van der Waals surface area contributed by atoms with Crippen molar-refractivity contribution in [3.8, 4) is 11.5 Å². The Kier molecular flexibility index (Phi) is 5.51. The average molecular weight is 466 g/mol. The molecule has 9 heteroatoms. The van der Waals surface area contributed by atoms with Gasteiger partial charge in [0.25, 0.3) is 5.91 Å². The predicted octanol–water partition coefficient (Wildman–Crippen LogP) is 5.91. The third-order valence-electron chi connectivity index (χ3n) is 5.25. The number of hydrogen-bond acceptors (Lipinski definition) is 6. The summed E-state index contributed by atoms with van der Waals surface area (Å²) in [6.07, 6.45) is 5.51. The van der Waals surface area contributed by atoms with Gasteiger partial charge in [0.1, 0.15) is 10.9 Å². The summed E-state index contributed by atoms with van der Waals surface area (Å²) in [6, 6.07) is 16.5. The smallest absolute Gasteiger partial charge is 0.258 e. The fraction of sp³-hybridized carbons (Fsp3) is 0.130. The van der Waals surface area contributed by atoms with Gasteiger partial charge in [-0.3, -0.25) is 14.7 Å². The van der Waals surface area contributed by atoms with E-state index >= 15 is 0 Å². The highest BCUT2D eigenvalue weighted by Gasteiger charge is 2.27. The molecule has 2 aliphatic heterocycles. The van der Waals surface area contributed by atoms with E-state index in [1.807, 2.05) is 42.5 Å². The maximum Gasteiger partial charge on any atom is 0.258 e. The Morgan fingerprint density at radius 1 is 1.06 bits per heavy atom. The first kappa shape index (κ1) is 20.5. The highest BCUT2D eigenvalue weighted by Crippen LogP contribution is 2.39. The second-order valence-corrected chi connectivity index (χ2v) is 7.94. The molecule has 2 aromatic carbocycles. The summed E-state index contributed by atoms with van der Waals surface area (Å²) in [5.74, 6) is 1.14. The number of hydrogen-bond donors (Lipinski definition) is 0. The summed E-state index contributed by atoms with van der Waals surface area (Å²) in [6.45, 7) is 0.586. The van der Waals surface area contributed by atoms with Crippen LogP contribution in [-0.4, -0.2) is 23.1 Å². The van der Waals surface area contributed by atoms with Gasteiger partial charge in [-0.15, -0.1) is 5.11 Å². The predicted molar refractivity (Wildman–Crippen MR) is 123 cm³/mol. The Morgan fingerprint density at radius 2 is 1.88 bits per heavy atom. The van der Waals surface area contributed by atoms with Crippen LogP contribution in [-0.2, 0) is 6.42 Å². The summed E-state index contributed by atoms with van der Waals surface area (Å²) in [5.41, 5.74) is 2.32. The van der Waals surface area contributed by atoms with Crippen molar-refractivity contribution in [3.05, 3.63) is 89.5 Å². The molecule has 0 radical (unpaired) electrons. The van der Waals surface area contributed by atoms with Crippen molar-refractivity contribution in [1.82, 2.24) is 4.98 Å². The van der Waals surface area contributed by atoms with Crippen LogP contribution in [0.2, 0.25) is 0 Å². The second-order valence-electron chi connectivity index (χ2n) is 7.16. The number of nitrogens with zero attached hydrogens (tertiary/aromatic N) is 5. The van der Waals surface area contributed by atoms with Gasteiger partial charge >= 0.3 is 0 Å². The zero-order chi connectivity index (χ0) is 22.1. The molecule has 1 aromatic heterocycles. The first-order valence-corrected chi connectivity index (χ1v) is 10.7. The highest BCUT2D eigenvalue weighted by atomic mass is 35.5. The van der Waals surface area contributed by atoms with E-state index in [0.717, 1.165) is 11.3 Å². The van der Waals surface area contributed by atoms with Crippen LogP contribution in [0.15, 0.2) is 88.6 Å². The van der Waals surface area contributed by atoms with Gasteiger partial charge in [0, 0.05) is 30.2 Å². The number of fused-ring (bicyclic) bond motifs is 1. The molecule has 7 nitrogen and oxygen atoms in total. The van der Waals surface area contributed by atoms with Gasteiger partial charge in [-0.25, -0.2) is 0 Å². The zero-order valence-electron chi connectivity index (χ0n) is 16.7. The van der Waals surface area contributed by atoms with Crippen LogP contribution in [0.25, 0.3) is 0 Å². The number of para-hydroxylation sites is 2. The van der Waals surface area contributed by atoms with Crippen LogP contribution in [0, 0.1) is 0 Å². The maximum absolute atomic E-state index is 13.0. The number of azo groups is 1. The van der Waals surface area contributed by atoms with Crippen molar-refractivity contribution < 1.29 is 9.53 Å². The van der Waals surface area contributed by atoms with Gasteiger partial charge in [0.05, 0.1) is 11.9 Å². The molecule has 0 fully saturated rings. The van der Waals surface area contributed by atoms with Crippen LogP contribution in [0.5, 0.6) is 11.5 Å². The van der Waals surface area contributed by atoms with E-state index in [1.165, 1.54) is 6.20 Å². The number of halogens is 2. The molecule has 1 unspecified atom stereocenters. The molecule has 0 bridgehead atoms. The molecule has 0 saturated carbocycles. The van der Waals surface area contributed by atoms with Crippen LogP contribution in [0.4, 0.5) is 11.4 Å². The van der Waals surface area contributed by atoms with Crippen molar-refractivity contribution >= 4 is 40.5 Å². The van der Waals surface area contributed by atoms with Gasteiger partial charge in [-0.05, 0) is 54.4 Å². The first-order chi connectivity index (χ1) is 15.6. The summed E-state index contributed by atoms with van der Waals surface area (Å²) in [4.78, 5) is 20.4. The standard InChI is InChI=1S/C23H17Cl2N5O2/c24-21-14-27-28-23(25)30(21)19-3-1-2-4-20(19)32-17-5-6-18-15(13-17)9-12-29(22(18)31)16-7-10-26-11-8-16/h1-8,10-11,13-14,23H,9,12H2. The van der Waals surface area contributed by atoms with Crippen molar-refractivity contribution in [1.29, 1.82) is 0 Å². The number of alkyl halides is 1. The molecule has 160 valence electrons.